The quantitative estimate of drug-likeness (QED) is 0.143. The van der Waals surface area contributed by atoms with Crippen LogP contribution in [0.2, 0.25) is 0 Å². The van der Waals surface area contributed by atoms with Gasteiger partial charge in [-0.1, -0.05) is 194 Å². The second-order valence-electron chi connectivity index (χ2n) is 16.9. The smallest absolute Gasteiger partial charge is 0.0714 e. The van der Waals surface area contributed by atoms with Crippen molar-refractivity contribution in [3.05, 3.63) is 289 Å². The van der Waals surface area contributed by atoms with Crippen molar-refractivity contribution in [3.63, 3.8) is 0 Å². The van der Waals surface area contributed by atoms with Crippen LogP contribution in [0.3, 0.4) is 0 Å². The van der Waals surface area contributed by atoms with Gasteiger partial charge >= 0.3 is 0 Å². The number of hydrogen-bond donors (Lipinski definition) is 0. The zero-order valence-corrected chi connectivity index (χ0v) is 35.8. The first kappa shape index (κ1) is 38.2. The van der Waals surface area contributed by atoms with Gasteiger partial charge in [-0.25, -0.2) is 0 Å². The minimum absolute atomic E-state index is 0.574. The Morgan fingerprint density at radius 3 is 1.22 bits per heavy atom. The Morgan fingerprint density at radius 2 is 0.677 bits per heavy atom. The zero-order chi connectivity index (χ0) is 43.2. The Morgan fingerprint density at radius 1 is 0.246 bits per heavy atom. The summed E-state index contributed by atoms with van der Waals surface area (Å²) in [5.74, 6) is 0. The highest BCUT2D eigenvalue weighted by Gasteiger charge is 2.46. The average Bonchev–Trinajstić information content (AvgIpc) is 3.67. The molecular weight excluding hydrogens is 785 g/mol. The van der Waals surface area contributed by atoms with E-state index >= 15 is 0 Å². The van der Waals surface area contributed by atoms with E-state index in [-0.39, 0.29) is 0 Å². The summed E-state index contributed by atoms with van der Waals surface area (Å²) in [7, 11) is 0. The van der Waals surface area contributed by atoms with Gasteiger partial charge in [0.15, 0.2) is 0 Å². The molecule has 0 bridgehead atoms. The molecule has 0 saturated heterocycles. The van der Waals surface area contributed by atoms with Gasteiger partial charge in [0, 0.05) is 34.0 Å². The van der Waals surface area contributed by atoms with Crippen molar-refractivity contribution in [2.24, 2.45) is 0 Å². The second kappa shape index (κ2) is 16.0. The summed E-state index contributed by atoms with van der Waals surface area (Å²) < 4.78 is 0. The molecule has 11 aromatic rings. The van der Waals surface area contributed by atoms with E-state index in [1.54, 1.807) is 0 Å². The van der Waals surface area contributed by atoms with E-state index < -0.39 is 5.41 Å². The van der Waals surface area contributed by atoms with E-state index in [1.165, 1.54) is 54.9 Å². The van der Waals surface area contributed by atoms with Gasteiger partial charge < -0.3 is 9.80 Å². The molecule has 12 rings (SSSR count). The third kappa shape index (κ3) is 6.50. The summed E-state index contributed by atoms with van der Waals surface area (Å²) in [4.78, 5) is 4.82. The highest BCUT2D eigenvalue weighted by atomic mass is 15.1. The molecule has 306 valence electrons. The van der Waals surface area contributed by atoms with Crippen molar-refractivity contribution in [3.8, 4) is 22.3 Å². The standard InChI is InChI=1S/C63H44N2/c1-5-23-50(24-6-1)63(51-25-7-2-8-26-51)60-32-18-17-31-57(60)59-43-58(47-35-37-54(38-36-47)64(52-27-9-3-10-28-52)53-29-11-4-12-30-53)62(44-61(59)63)65(55-39-33-45-19-13-15-21-48(45)41-55)56-40-34-46-20-14-16-22-49(46)42-56/h1-44H. The van der Waals surface area contributed by atoms with Gasteiger partial charge in [-0.2, -0.15) is 0 Å². The van der Waals surface area contributed by atoms with Crippen LogP contribution >= 0.6 is 0 Å². The fourth-order valence-electron chi connectivity index (χ4n) is 10.3. The number of para-hydroxylation sites is 2. The maximum absolute atomic E-state index is 2.52. The fraction of sp³-hybridized carbons (Fsp3) is 0.0159. The lowest BCUT2D eigenvalue weighted by Crippen LogP contribution is -2.28. The first-order valence-corrected chi connectivity index (χ1v) is 22.4. The summed E-state index contributed by atoms with van der Waals surface area (Å²) >= 11 is 0. The van der Waals surface area contributed by atoms with E-state index in [0.29, 0.717) is 0 Å². The van der Waals surface area contributed by atoms with Crippen molar-refractivity contribution >= 4 is 55.7 Å². The number of benzene rings is 11. The molecule has 0 aliphatic heterocycles. The van der Waals surface area contributed by atoms with E-state index in [0.717, 1.165) is 45.3 Å². The number of nitrogens with zero attached hydrogens (tertiary/aromatic N) is 2. The molecule has 0 radical (unpaired) electrons. The van der Waals surface area contributed by atoms with Crippen LogP contribution in [0.1, 0.15) is 22.3 Å². The maximum atomic E-state index is 2.52. The summed E-state index contributed by atoms with van der Waals surface area (Å²) in [5.41, 5.74) is 15.8. The lowest BCUT2D eigenvalue weighted by Gasteiger charge is -2.35. The van der Waals surface area contributed by atoms with E-state index in [4.69, 9.17) is 0 Å². The van der Waals surface area contributed by atoms with E-state index in [2.05, 4.69) is 277 Å². The van der Waals surface area contributed by atoms with Crippen LogP contribution in [0.5, 0.6) is 0 Å². The van der Waals surface area contributed by atoms with Crippen LogP contribution in [-0.2, 0) is 5.41 Å². The number of fused-ring (bicyclic) bond motifs is 5. The molecule has 0 aromatic heterocycles. The van der Waals surface area contributed by atoms with Crippen LogP contribution in [0, 0.1) is 0 Å². The van der Waals surface area contributed by atoms with Gasteiger partial charge in [-0.3, -0.25) is 0 Å². The first-order valence-electron chi connectivity index (χ1n) is 22.4. The molecule has 2 heteroatoms. The molecule has 0 atom stereocenters. The Hall–Kier alpha value is -8.46. The second-order valence-corrected chi connectivity index (χ2v) is 16.9. The molecule has 1 aliphatic rings. The van der Waals surface area contributed by atoms with Gasteiger partial charge in [0.2, 0.25) is 0 Å². The molecule has 0 spiro atoms. The summed E-state index contributed by atoms with van der Waals surface area (Å²) in [6, 6.07) is 97.8. The Bertz CT molecular complexity index is 3310. The third-order valence-corrected chi connectivity index (χ3v) is 13.3. The molecule has 0 fully saturated rings. The van der Waals surface area contributed by atoms with Gasteiger partial charge in [-0.15, -0.1) is 0 Å². The molecule has 0 heterocycles. The zero-order valence-electron chi connectivity index (χ0n) is 35.8. The van der Waals surface area contributed by atoms with Crippen LogP contribution in [0.15, 0.2) is 267 Å². The molecule has 65 heavy (non-hydrogen) atoms. The van der Waals surface area contributed by atoms with Gasteiger partial charge in [-0.05, 0) is 133 Å². The lowest BCUT2D eigenvalue weighted by atomic mass is 9.67. The Kier molecular flexibility index (Phi) is 9.43. The van der Waals surface area contributed by atoms with Gasteiger partial charge in [0.25, 0.3) is 0 Å². The van der Waals surface area contributed by atoms with Crippen molar-refractivity contribution in [2.75, 3.05) is 9.80 Å². The van der Waals surface area contributed by atoms with Crippen molar-refractivity contribution < 1.29 is 0 Å². The molecule has 0 N–H and O–H groups in total. The molecule has 0 unspecified atom stereocenters. The number of anilines is 6. The lowest BCUT2D eigenvalue weighted by molar-refractivity contribution is 0.768. The molecule has 0 amide bonds. The monoisotopic (exact) mass is 828 g/mol. The van der Waals surface area contributed by atoms with Crippen LogP contribution < -0.4 is 9.80 Å². The van der Waals surface area contributed by atoms with Gasteiger partial charge in [0.05, 0.1) is 11.1 Å². The van der Waals surface area contributed by atoms with Crippen LogP contribution in [-0.4, -0.2) is 0 Å². The van der Waals surface area contributed by atoms with Crippen LogP contribution in [0.25, 0.3) is 43.8 Å². The summed E-state index contributed by atoms with van der Waals surface area (Å²) in [5, 5.41) is 4.81. The molecule has 11 aromatic carbocycles. The first-order chi connectivity index (χ1) is 32.2. The number of rotatable bonds is 9. The molecule has 2 nitrogen and oxygen atoms in total. The predicted octanol–water partition coefficient (Wildman–Crippen LogP) is 17.0. The van der Waals surface area contributed by atoms with E-state index in [1.807, 2.05) is 0 Å². The van der Waals surface area contributed by atoms with Crippen LogP contribution in [0.4, 0.5) is 34.1 Å². The summed E-state index contributed by atoms with van der Waals surface area (Å²) in [6.45, 7) is 0. The fourth-order valence-corrected chi connectivity index (χ4v) is 10.3. The van der Waals surface area contributed by atoms with Crippen molar-refractivity contribution in [1.29, 1.82) is 0 Å². The van der Waals surface area contributed by atoms with Crippen molar-refractivity contribution in [2.45, 2.75) is 5.41 Å². The van der Waals surface area contributed by atoms with Crippen molar-refractivity contribution in [1.82, 2.24) is 0 Å². The Balaban J connectivity index is 1.16. The highest BCUT2D eigenvalue weighted by Crippen LogP contribution is 2.59. The minimum atomic E-state index is -0.574. The maximum Gasteiger partial charge on any atom is 0.0714 e. The predicted molar refractivity (Wildman–Crippen MR) is 274 cm³/mol. The van der Waals surface area contributed by atoms with E-state index in [9.17, 15) is 0 Å². The minimum Gasteiger partial charge on any atom is -0.311 e. The largest absolute Gasteiger partial charge is 0.311 e. The Labute approximate surface area is 380 Å². The normalized spacial score (nSPS) is 12.4. The average molecular weight is 829 g/mol. The third-order valence-electron chi connectivity index (χ3n) is 13.3. The van der Waals surface area contributed by atoms with Gasteiger partial charge in [0.1, 0.15) is 0 Å². The highest BCUT2D eigenvalue weighted by molar-refractivity contribution is 5.99. The number of hydrogen-bond acceptors (Lipinski definition) is 2. The summed E-state index contributed by atoms with van der Waals surface area (Å²) in [6.07, 6.45) is 0. The topological polar surface area (TPSA) is 6.48 Å². The molecule has 1 aliphatic carbocycles. The molecule has 0 saturated carbocycles. The molecular formula is C63H44N2. The SMILES string of the molecule is c1ccc(N(c2ccccc2)c2ccc(-c3cc4c(cc3N(c3ccc5ccccc5c3)c3ccc5ccccc5c3)C(c3ccccc3)(c3ccccc3)c3ccccc3-4)cc2)cc1.